The predicted octanol–water partition coefficient (Wildman–Crippen LogP) is 1.75. The minimum Gasteiger partial charge on any atom is -0.444 e. The number of guanidine groups is 1. The Hall–Kier alpha value is -2.35. The number of hydrogen-bond acceptors (Lipinski definition) is 5. The molecule has 0 bridgehead atoms. The van der Waals surface area contributed by atoms with Gasteiger partial charge in [-0.15, -0.1) is 0 Å². The molecular weight excluding hydrogens is 340 g/mol. The van der Waals surface area contributed by atoms with Crippen LogP contribution in [0, 0.1) is 6.92 Å². The van der Waals surface area contributed by atoms with Crippen molar-refractivity contribution in [1.29, 1.82) is 0 Å². The van der Waals surface area contributed by atoms with E-state index < -0.39 is 9.84 Å². The number of hydrogen-bond donors (Lipinski definition) is 2. The molecule has 7 nitrogen and oxygen atoms in total. The average Bonchev–Trinajstić information content (AvgIpc) is 3.03. The minimum absolute atomic E-state index is 0.153. The van der Waals surface area contributed by atoms with Crippen molar-refractivity contribution in [3.8, 4) is 11.5 Å². The standard InChI is InChI=1S/C17H24N4O3S/c1-13-5-7-14(8-6-13)16-21-15(12-24-16)11-20-17(18-2)19-9-4-10-25(3,22)23/h5-8,12H,4,9-11H2,1-3H3,(H2,18,19,20). The number of sulfone groups is 1. The van der Waals surface area contributed by atoms with Gasteiger partial charge in [-0.05, 0) is 25.5 Å². The van der Waals surface area contributed by atoms with Crippen molar-refractivity contribution in [2.75, 3.05) is 25.6 Å². The van der Waals surface area contributed by atoms with Gasteiger partial charge in [-0.1, -0.05) is 17.7 Å². The van der Waals surface area contributed by atoms with E-state index in [-0.39, 0.29) is 5.75 Å². The number of benzene rings is 1. The molecule has 0 radical (unpaired) electrons. The normalized spacial score (nSPS) is 12.2. The Balaban J connectivity index is 1.82. The third-order valence-corrected chi connectivity index (χ3v) is 4.53. The van der Waals surface area contributed by atoms with Gasteiger partial charge in [0.05, 0.1) is 18.0 Å². The average molecular weight is 364 g/mol. The molecule has 1 heterocycles. The summed E-state index contributed by atoms with van der Waals surface area (Å²) in [5.74, 6) is 1.32. The van der Waals surface area contributed by atoms with Crippen molar-refractivity contribution in [2.24, 2.45) is 4.99 Å². The van der Waals surface area contributed by atoms with E-state index in [4.69, 9.17) is 4.42 Å². The maximum absolute atomic E-state index is 11.1. The molecule has 0 spiro atoms. The van der Waals surface area contributed by atoms with E-state index in [1.54, 1.807) is 13.3 Å². The van der Waals surface area contributed by atoms with E-state index in [0.717, 1.165) is 11.3 Å². The van der Waals surface area contributed by atoms with Gasteiger partial charge in [0.25, 0.3) is 0 Å². The molecule has 0 aliphatic carbocycles. The number of aryl methyl sites for hydroxylation is 1. The highest BCUT2D eigenvalue weighted by molar-refractivity contribution is 7.90. The maximum Gasteiger partial charge on any atom is 0.226 e. The van der Waals surface area contributed by atoms with E-state index in [0.29, 0.717) is 31.4 Å². The lowest BCUT2D eigenvalue weighted by molar-refractivity contribution is 0.572. The summed E-state index contributed by atoms with van der Waals surface area (Å²) in [6, 6.07) is 7.97. The zero-order chi connectivity index (χ0) is 18.3. The Kier molecular flexibility index (Phi) is 6.58. The van der Waals surface area contributed by atoms with Gasteiger partial charge in [0, 0.05) is 25.4 Å². The lowest BCUT2D eigenvalue weighted by Gasteiger charge is -2.10. The van der Waals surface area contributed by atoms with E-state index >= 15 is 0 Å². The SMILES string of the molecule is CN=C(NCCCS(C)(=O)=O)NCc1coc(-c2ccc(C)cc2)n1. The summed E-state index contributed by atoms with van der Waals surface area (Å²) >= 11 is 0. The molecule has 0 fully saturated rings. The highest BCUT2D eigenvalue weighted by Gasteiger charge is 2.07. The van der Waals surface area contributed by atoms with Gasteiger partial charge < -0.3 is 15.1 Å². The van der Waals surface area contributed by atoms with E-state index in [2.05, 4.69) is 20.6 Å². The first kappa shape index (κ1) is 19.0. The largest absolute Gasteiger partial charge is 0.444 e. The van der Waals surface area contributed by atoms with Crippen molar-refractivity contribution in [3.63, 3.8) is 0 Å². The van der Waals surface area contributed by atoms with Crippen LogP contribution in [0.1, 0.15) is 17.7 Å². The van der Waals surface area contributed by atoms with Gasteiger partial charge in [0.15, 0.2) is 5.96 Å². The number of nitrogens with zero attached hydrogens (tertiary/aromatic N) is 2. The molecule has 1 aromatic carbocycles. The van der Waals surface area contributed by atoms with Crippen LogP contribution in [0.25, 0.3) is 11.5 Å². The van der Waals surface area contributed by atoms with Crippen LogP contribution < -0.4 is 10.6 Å². The smallest absolute Gasteiger partial charge is 0.226 e. The van der Waals surface area contributed by atoms with Crippen LogP contribution in [0.15, 0.2) is 39.9 Å². The lowest BCUT2D eigenvalue weighted by Crippen LogP contribution is -2.37. The van der Waals surface area contributed by atoms with E-state index in [1.807, 2.05) is 31.2 Å². The monoisotopic (exact) mass is 364 g/mol. The summed E-state index contributed by atoms with van der Waals surface area (Å²) in [5, 5.41) is 6.20. The van der Waals surface area contributed by atoms with Crippen LogP contribution in [0.5, 0.6) is 0 Å². The van der Waals surface area contributed by atoms with Gasteiger partial charge in [-0.25, -0.2) is 13.4 Å². The van der Waals surface area contributed by atoms with Crippen LogP contribution in [0.2, 0.25) is 0 Å². The summed E-state index contributed by atoms with van der Waals surface area (Å²) in [5.41, 5.74) is 2.87. The molecule has 0 saturated heterocycles. The first-order chi connectivity index (χ1) is 11.9. The fraction of sp³-hybridized carbons (Fsp3) is 0.412. The Labute approximate surface area is 148 Å². The van der Waals surface area contributed by atoms with Crippen molar-refractivity contribution < 1.29 is 12.8 Å². The first-order valence-corrected chi connectivity index (χ1v) is 10.1. The number of oxazole rings is 1. The molecule has 2 aromatic rings. The highest BCUT2D eigenvalue weighted by Crippen LogP contribution is 2.18. The topological polar surface area (TPSA) is 96.6 Å². The number of aromatic nitrogens is 1. The van der Waals surface area contributed by atoms with Gasteiger partial charge in [0.1, 0.15) is 16.1 Å². The Bertz CT molecular complexity index is 811. The highest BCUT2D eigenvalue weighted by atomic mass is 32.2. The molecule has 0 saturated carbocycles. The quantitative estimate of drug-likeness (QED) is 0.441. The molecule has 0 aliphatic heterocycles. The summed E-state index contributed by atoms with van der Waals surface area (Å²) in [6.07, 6.45) is 3.37. The van der Waals surface area contributed by atoms with E-state index in [9.17, 15) is 8.42 Å². The zero-order valence-corrected chi connectivity index (χ0v) is 15.6. The van der Waals surface area contributed by atoms with E-state index in [1.165, 1.54) is 11.8 Å². The fourth-order valence-electron chi connectivity index (χ4n) is 2.15. The second kappa shape index (κ2) is 8.66. The second-order valence-electron chi connectivity index (χ2n) is 5.85. The molecular formula is C17H24N4O3S. The fourth-order valence-corrected chi connectivity index (χ4v) is 2.82. The predicted molar refractivity (Wildman–Crippen MR) is 99.2 cm³/mol. The summed E-state index contributed by atoms with van der Waals surface area (Å²) < 4.78 is 27.7. The zero-order valence-electron chi connectivity index (χ0n) is 14.7. The molecule has 2 rings (SSSR count). The molecule has 0 atom stereocenters. The maximum atomic E-state index is 11.1. The Morgan fingerprint density at radius 1 is 1.24 bits per heavy atom. The molecule has 0 unspecified atom stereocenters. The molecule has 2 N–H and O–H groups in total. The Morgan fingerprint density at radius 3 is 2.60 bits per heavy atom. The van der Waals surface area contributed by atoms with Crippen molar-refractivity contribution in [3.05, 3.63) is 41.8 Å². The third-order valence-electron chi connectivity index (χ3n) is 3.50. The van der Waals surface area contributed by atoms with Gasteiger partial charge >= 0.3 is 0 Å². The Morgan fingerprint density at radius 2 is 1.96 bits per heavy atom. The molecule has 1 aromatic heterocycles. The number of rotatable bonds is 7. The van der Waals surface area contributed by atoms with Crippen LogP contribution >= 0.6 is 0 Å². The third kappa shape index (κ3) is 6.58. The van der Waals surface area contributed by atoms with Crippen molar-refractivity contribution in [1.82, 2.24) is 15.6 Å². The van der Waals surface area contributed by atoms with Crippen LogP contribution in [-0.4, -0.2) is 45.0 Å². The molecule has 0 amide bonds. The molecule has 0 aliphatic rings. The van der Waals surface area contributed by atoms with Crippen LogP contribution in [-0.2, 0) is 16.4 Å². The number of nitrogens with one attached hydrogen (secondary N) is 2. The minimum atomic E-state index is -2.93. The van der Waals surface area contributed by atoms with Crippen LogP contribution in [0.4, 0.5) is 0 Å². The summed E-state index contributed by atoms with van der Waals surface area (Å²) in [4.78, 5) is 8.55. The van der Waals surface area contributed by atoms with Crippen LogP contribution in [0.3, 0.4) is 0 Å². The first-order valence-electron chi connectivity index (χ1n) is 8.01. The van der Waals surface area contributed by atoms with Crippen molar-refractivity contribution in [2.45, 2.75) is 19.9 Å². The van der Waals surface area contributed by atoms with Crippen molar-refractivity contribution >= 4 is 15.8 Å². The van der Waals surface area contributed by atoms with Gasteiger partial charge in [0.2, 0.25) is 5.89 Å². The number of aliphatic imine (C=N–C) groups is 1. The summed E-state index contributed by atoms with van der Waals surface area (Å²) in [6.45, 7) is 3.02. The summed E-state index contributed by atoms with van der Waals surface area (Å²) in [7, 11) is -1.27. The molecule has 25 heavy (non-hydrogen) atoms. The lowest BCUT2D eigenvalue weighted by atomic mass is 10.1. The second-order valence-corrected chi connectivity index (χ2v) is 8.11. The molecule has 136 valence electrons. The molecule has 8 heteroatoms. The van der Waals surface area contributed by atoms with Gasteiger partial charge in [-0.3, -0.25) is 4.99 Å². The van der Waals surface area contributed by atoms with Gasteiger partial charge in [-0.2, -0.15) is 0 Å².